The summed E-state index contributed by atoms with van der Waals surface area (Å²) in [6.45, 7) is 0. The van der Waals surface area contributed by atoms with Crippen LogP contribution in [-0.4, -0.2) is 25.8 Å². The molecule has 1 heterocycles. The SMILES string of the molecule is C1N=NC[Se]1. The van der Waals surface area contributed by atoms with Crippen molar-refractivity contribution in [1.82, 2.24) is 0 Å². The molecule has 1 rings (SSSR count). The molecule has 0 spiro atoms. The number of hydrogen-bond acceptors (Lipinski definition) is 2. The Bertz CT molecular complexity index is 45.6. The minimum atomic E-state index is 0.736. The molecule has 0 unspecified atom stereocenters. The fraction of sp³-hybridized carbons (Fsp3) is 1.00. The molecule has 0 aromatic heterocycles. The third-order valence-corrected chi connectivity index (χ3v) is 1.65. The summed E-state index contributed by atoms with van der Waals surface area (Å²) in [5, 5.41) is 7.47. The normalized spacial score (nSPS) is 20.8. The van der Waals surface area contributed by atoms with Crippen LogP contribution in [0.15, 0.2) is 10.2 Å². The van der Waals surface area contributed by atoms with E-state index >= 15 is 0 Å². The van der Waals surface area contributed by atoms with Crippen molar-refractivity contribution in [2.75, 3.05) is 10.9 Å². The van der Waals surface area contributed by atoms with Crippen LogP contribution in [-0.2, 0) is 0 Å². The van der Waals surface area contributed by atoms with Crippen LogP contribution in [0.2, 0.25) is 0 Å². The number of nitrogens with zero attached hydrogens (tertiary/aromatic N) is 2. The first-order valence-corrected chi connectivity index (χ1v) is 3.83. The summed E-state index contributed by atoms with van der Waals surface area (Å²) in [5.74, 6) is 0. The second-order valence-corrected chi connectivity index (χ2v) is 2.69. The van der Waals surface area contributed by atoms with Gasteiger partial charge < -0.3 is 0 Å². The van der Waals surface area contributed by atoms with Gasteiger partial charge in [0.05, 0.1) is 0 Å². The van der Waals surface area contributed by atoms with Crippen molar-refractivity contribution in [2.45, 2.75) is 0 Å². The van der Waals surface area contributed by atoms with Crippen LogP contribution in [0, 0.1) is 0 Å². The van der Waals surface area contributed by atoms with Gasteiger partial charge in [0.1, 0.15) is 0 Å². The molecule has 5 heavy (non-hydrogen) atoms. The third kappa shape index (κ3) is 0.706. The van der Waals surface area contributed by atoms with Gasteiger partial charge in [-0.3, -0.25) is 0 Å². The standard InChI is InChI=1S/C2H4N2Se/c1-3-4-2-5-1/h1-2H2. The fourth-order valence-corrected chi connectivity index (χ4v) is 1.06. The van der Waals surface area contributed by atoms with Crippen LogP contribution in [0.25, 0.3) is 0 Å². The van der Waals surface area contributed by atoms with Gasteiger partial charge in [-0.05, 0) is 0 Å². The molecule has 0 aromatic rings. The molecule has 1 aliphatic rings. The van der Waals surface area contributed by atoms with Crippen molar-refractivity contribution in [3.8, 4) is 0 Å². The Morgan fingerprint density at radius 1 is 1.20 bits per heavy atom. The fourth-order valence-electron chi connectivity index (χ4n) is 0.204. The van der Waals surface area contributed by atoms with Crippen LogP contribution in [0.1, 0.15) is 0 Å². The zero-order chi connectivity index (χ0) is 3.54. The van der Waals surface area contributed by atoms with E-state index < -0.39 is 0 Å². The van der Waals surface area contributed by atoms with Gasteiger partial charge in [-0.25, -0.2) is 0 Å². The van der Waals surface area contributed by atoms with Crippen LogP contribution in [0.4, 0.5) is 0 Å². The van der Waals surface area contributed by atoms with Gasteiger partial charge in [0.25, 0.3) is 0 Å². The molecule has 28 valence electrons. The zero-order valence-electron chi connectivity index (χ0n) is 2.72. The van der Waals surface area contributed by atoms with Gasteiger partial charge in [0.2, 0.25) is 0 Å². The van der Waals surface area contributed by atoms with Crippen LogP contribution < -0.4 is 0 Å². The quantitative estimate of drug-likeness (QED) is 0.420. The van der Waals surface area contributed by atoms with E-state index in [0.29, 0.717) is 0 Å². The average molecular weight is 135 g/mol. The van der Waals surface area contributed by atoms with E-state index in [1.54, 1.807) is 0 Å². The first-order valence-electron chi connectivity index (χ1n) is 1.41. The summed E-state index contributed by atoms with van der Waals surface area (Å²) in [7, 11) is 0. The number of hydrogen-bond donors (Lipinski definition) is 0. The zero-order valence-corrected chi connectivity index (χ0v) is 4.43. The van der Waals surface area contributed by atoms with E-state index in [1.165, 1.54) is 0 Å². The molecule has 0 aromatic carbocycles. The van der Waals surface area contributed by atoms with Crippen LogP contribution >= 0.6 is 0 Å². The van der Waals surface area contributed by atoms with Gasteiger partial charge in [-0.2, -0.15) is 0 Å². The Morgan fingerprint density at radius 3 is 2.00 bits per heavy atom. The van der Waals surface area contributed by atoms with E-state index in [4.69, 9.17) is 0 Å². The molecular weight excluding hydrogens is 131 g/mol. The van der Waals surface area contributed by atoms with Crippen LogP contribution in [0.5, 0.6) is 0 Å². The molecule has 2 nitrogen and oxygen atoms in total. The van der Waals surface area contributed by atoms with Gasteiger partial charge in [-0.1, -0.05) is 0 Å². The Morgan fingerprint density at radius 2 is 1.80 bits per heavy atom. The summed E-state index contributed by atoms with van der Waals surface area (Å²) in [4.78, 5) is 0. The topological polar surface area (TPSA) is 24.7 Å². The Labute approximate surface area is 36.8 Å². The second kappa shape index (κ2) is 1.53. The van der Waals surface area contributed by atoms with E-state index in [0.717, 1.165) is 25.8 Å². The molecule has 3 heteroatoms. The average Bonchev–Trinajstić information content (AvgIpc) is 1.76. The third-order valence-electron chi connectivity index (χ3n) is 0.398. The summed E-state index contributed by atoms with van der Waals surface area (Å²) in [5.41, 5.74) is 2.04. The van der Waals surface area contributed by atoms with E-state index in [-0.39, 0.29) is 0 Å². The van der Waals surface area contributed by atoms with E-state index in [9.17, 15) is 0 Å². The number of azo groups is 1. The maximum atomic E-state index is 3.74. The molecule has 0 fully saturated rings. The molecule has 1 aliphatic heterocycles. The molecule has 0 amide bonds. The number of rotatable bonds is 0. The monoisotopic (exact) mass is 136 g/mol. The van der Waals surface area contributed by atoms with Gasteiger partial charge >= 0.3 is 36.1 Å². The summed E-state index contributed by atoms with van der Waals surface area (Å²) in [6.07, 6.45) is 0. The van der Waals surface area contributed by atoms with Crippen molar-refractivity contribution >= 4 is 15.0 Å². The molecule has 0 aliphatic carbocycles. The van der Waals surface area contributed by atoms with Gasteiger partial charge in [0, 0.05) is 0 Å². The van der Waals surface area contributed by atoms with Crippen molar-refractivity contribution in [3.05, 3.63) is 0 Å². The van der Waals surface area contributed by atoms with Crippen LogP contribution in [0.3, 0.4) is 0 Å². The van der Waals surface area contributed by atoms with Crippen molar-refractivity contribution in [2.24, 2.45) is 10.2 Å². The second-order valence-electron chi connectivity index (χ2n) is 0.745. The predicted molar refractivity (Wildman–Crippen MR) is 20.3 cm³/mol. The first kappa shape index (κ1) is 3.31. The Balaban J connectivity index is 2.32. The van der Waals surface area contributed by atoms with Crippen molar-refractivity contribution in [1.29, 1.82) is 0 Å². The summed E-state index contributed by atoms with van der Waals surface area (Å²) >= 11 is 0.736. The molecule has 0 radical (unpaired) electrons. The van der Waals surface area contributed by atoms with Gasteiger partial charge in [-0.15, -0.1) is 0 Å². The first-order chi connectivity index (χ1) is 2.50. The predicted octanol–water partition coefficient (Wildman–Crippen LogP) is 0.0714. The van der Waals surface area contributed by atoms with Crippen molar-refractivity contribution < 1.29 is 0 Å². The maximum absolute atomic E-state index is 3.74. The summed E-state index contributed by atoms with van der Waals surface area (Å²) in [6, 6.07) is 0. The van der Waals surface area contributed by atoms with Gasteiger partial charge in [0.15, 0.2) is 0 Å². The van der Waals surface area contributed by atoms with Crippen molar-refractivity contribution in [3.63, 3.8) is 0 Å². The summed E-state index contributed by atoms with van der Waals surface area (Å²) < 4.78 is 0. The molecule has 0 saturated carbocycles. The Kier molecular flexibility index (Phi) is 1.01. The van der Waals surface area contributed by atoms with E-state index in [1.807, 2.05) is 0 Å². The Hall–Kier alpha value is 0.119. The molecule has 0 bridgehead atoms. The molecule has 0 N–H and O–H groups in total. The molecule has 0 atom stereocenters. The molecule has 0 saturated heterocycles. The minimum absolute atomic E-state index is 0.736. The van der Waals surface area contributed by atoms with E-state index in [2.05, 4.69) is 10.2 Å². The molecular formula is C2H4N2Se.